The summed E-state index contributed by atoms with van der Waals surface area (Å²) in [5.74, 6) is -1.35. The smallest absolute Gasteiger partial charge is 0.303 e. The summed E-state index contributed by atoms with van der Waals surface area (Å²) >= 11 is 0. The molecule has 9 heteroatoms. The van der Waals surface area contributed by atoms with E-state index in [1.54, 1.807) is 13.8 Å². The van der Waals surface area contributed by atoms with Gasteiger partial charge in [-0.2, -0.15) is 0 Å². The van der Waals surface area contributed by atoms with Crippen molar-refractivity contribution in [2.24, 2.45) is 0 Å². The van der Waals surface area contributed by atoms with Gasteiger partial charge in [-0.3, -0.25) is 14.9 Å². The third-order valence-electron chi connectivity index (χ3n) is 4.20. The van der Waals surface area contributed by atoms with Crippen molar-refractivity contribution in [2.45, 2.75) is 56.8 Å². The predicted octanol–water partition coefficient (Wildman–Crippen LogP) is 1.44. The van der Waals surface area contributed by atoms with Gasteiger partial charge < -0.3 is 18.9 Å². The van der Waals surface area contributed by atoms with Crippen molar-refractivity contribution >= 4 is 19.9 Å². The number of rotatable bonds is 6. The Morgan fingerprint density at radius 2 is 2.04 bits per heavy atom. The maximum absolute atomic E-state index is 11.6. The number of nitro groups is 1. The minimum absolute atomic E-state index is 0.127. The molecule has 1 aromatic carbocycles. The van der Waals surface area contributed by atoms with Crippen LogP contribution in [-0.4, -0.2) is 53.5 Å². The van der Waals surface area contributed by atoms with Crippen LogP contribution in [0.5, 0.6) is 0 Å². The van der Waals surface area contributed by atoms with Crippen molar-refractivity contribution in [1.82, 2.24) is 0 Å². The zero-order valence-electron chi connectivity index (χ0n) is 14.8. The van der Waals surface area contributed by atoms with Crippen LogP contribution < -0.4 is 5.30 Å². The molecule has 2 saturated heterocycles. The van der Waals surface area contributed by atoms with Crippen LogP contribution in [0.1, 0.15) is 20.8 Å². The normalized spacial score (nSPS) is 31.0. The fraction of sp³-hybridized carbons (Fsp3) is 0.588. The number of esters is 1. The van der Waals surface area contributed by atoms with Crippen molar-refractivity contribution in [3.05, 3.63) is 40.4 Å². The van der Waals surface area contributed by atoms with Crippen molar-refractivity contribution < 1.29 is 28.7 Å². The van der Waals surface area contributed by atoms with E-state index in [1.165, 1.54) is 6.92 Å². The molecule has 1 unspecified atom stereocenters. The van der Waals surface area contributed by atoms with Crippen LogP contribution in [-0.2, 0) is 23.7 Å². The molecule has 0 N–H and O–H groups in total. The predicted molar refractivity (Wildman–Crippen MR) is 94.3 cm³/mol. The molecule has 142 valence electrons. The van der Waals surface area contributed by atoms with Crippen molar-refractivity contribution in [3.63, 3.8) is 0 Å². The zero-order chi connectivity index (χ0) is 18.9. The Hall–Kier alpha value is -1.60. The van der Waals surface area contributed by atoms with E-state index in [9.17, 15) is 14.9 Å². The molecule has 0 saturated carbocycles. The molecule has 0 aliphatic carbocycles. The standard InChI is InChI=1S/C17H22NO7P/c1-10(19)22-14-13(23-16-15(14)24-17(2,3)25-16)12(9-18(20)21)26-11-7-5-4-6-8-11/h4-8,12-16,26H,9H2,1-3H3/t12-,13-,14+,15-,16-/m1/s1. The number of carbonyl (C=O) groups is 1. The van der Waals surface area contributed by atoms with Gasteiger partial charge in [0.05, 0.1) is 5.66 Å². The molecule has 2 aliphatic rings. The van der Waals surface area contributed by atoms with Crippen LogP contribution in [0.3, 0.4) is 0 Å². The number of hydrogen-bond acceptors (Lipinski definition) is 7. The van der Waals surface area contributed by atoms with Gasteiger partial charge in [0.2, 0.25) is 6.54 Å². The highest BCUT2D eigenvalue weighted by molar-refractivity contribution is 7.48. The lowest BCUT2D eigenvalue weighted by Gasteiger charge is -2.29. The van der Waals surface area contributed by atoms with E-state index in [2.05, 4.69) is 0 Å². The molecule has 2 fully saturated rings. The van der Waals surface area contributed by atoms with E-state index in [0.29, 0.717) is 0 Å². The Labute approximate surface area is 153 Å². The molecule has 0 radical (unpaired) electrons. The van der Waals surface area contributed by atoms with Gasteiger partial charge in [-0.05, 0) is 19.2 Å². The number of hydrogen-bond donors (Lipinski definition) is 0. The number of carbonyl (C=O) groups excluding carboxylic acids is 1. The van der Waals surface area contributed by atoms with Crippen LogP contribution in [0.2, 0.25) is 0 Å². The Kier molecular flexibility index (Phi) is 5.58. The average molecular weight is 383 g/mol. The van der Waals surface area contributed by atoms with Crippen LogP contribution in [0.4, 0.5) is 0 Å². The molecule has 0 bridgehead atoms. The Morgan fingerprint density at radius 1 is 1.35 bits per heavy atom. The Bertz CT molecular complexity index is 668. The summed E-state index contributed by atoms with van der Waals surface area (Å²) in [7, 11) is 0.127. The summed E-state index contributed by atoms with van der Waals surface area (Å²) in [6.07, 6.45) is -2.74. The Balaban J connectivity index is 1.84. The summed E-state index contributed by atoms with van der Waals surface area (Å²) in [4.78, 5) is 22.4. The summed E-state index contributed by atoms with van der Waals surface area (Å²) in [6.45, 7) is 4.50. The number of fused-ring (bicyclic) bond motifs is 1. The van der Waals surface area contributed by atoms with E-state index in [1.807, 2.05) is 30.3 Å². The largest absolute Gasteiger partial charge is 0.457 e. The molecule has 8 nitrogen and oxygen atoms in total. The lowest BCUT2D eigenvalue weighted by molar-refractivity contribution is -0.481. The highest BCUT2D eigenvalue weighted by atomic mass is 31.1. The second kappa shape index (κ2) is 7.56. The minimum atomic E-state index is -0.862. The quantitative estimate of drug-likeness (QED) is 0.317. The summed E-state index contributed by atoms with van der Waals surface area (Å²) in [6, 6.07) is 9.48. The second-order valence-corrected chi connectivity index (χ2v) is 8.38. The van der Waals surface area contributed by atoms with E-state index in [4.69, 9.17) is 18.9 Å². The second-order valence-electron chi connectivity index (χ2n) is 6.78. The highest BCUT2D eigenvalue weighted by Gasteiger charge is 2.58. The van der Waals surface area contributed by atoms with E-state index in [-0.39, 0.29) is 20.0 Å². The van der Waals surface area contributed by atoms with Crippen LogP contribution in [0.25, 0.3) is 0 Å². The molecule has 0 amide bonds. The fourth-order valence-corrected chi connectivity index (χ4v) is 4.78. The molecule has 0 spiro atoms. The SMILES string of the molecule is CC(=O)O[C@@H]1[C@H]2OC(C)(C)O[C@H]2O[C@@H]1[C@@H](C[N+](=O)[O-])Pc1ccccc1. The first-order chi connectivity index (χ1) is 12.2. The Morgan fingerprint density at radius 3 is 2.65 bits per heavy atom. The first-order valence-corrected chi connectivity index (χ1v) is 9.44. The van der Waals surface area contributed by atoms with Crippen molar-refractivity contribution in [1.29, 1.82) is 0 Å². The molecule has 0 aromatic heterocycles. The number of nitrogens with zero attached hydrogens (tertiary/aromatic N) is 1. The monoisotopic (exact) mass is 383 g/mol. The molecule has 6 atom stereocenters. The van der Waals surface area contributed by atoms with Gasteiger partial charge in [0.1, 0.15) is 6.10 Å². The molecular formula is C17H22NO7P. The lowest BCUT2D eigenvalue weighted by atomic mass is 10.1. The molecule has 2 aliphatic heterocycles. The third kappa shape index (κ3) is 4.38. The minimum Gasteiger partial charge on any atom is -0.457 e. The van der Waals surface area contributed by atoms with Gasteiger partial charge in [0.15, 0.2) is 24.3 Å². The zero-order valence-corrected chi connectivity index (χ0v) is 15.8. The fourth-order valence-electron chi connectivity index (χ4n) is 3.29. The van der Waals surface area contributed by atoms with Crippen LogP contribution in [0, 0.1) is 10.1 Å². The van der Waals surface area contributed by atoms with Gasteiger partial charge in [-0.15, -0.1) is 0 Å². The maximum atomic E-state index is 11.6. The summed E-state index contributed by atoms with van der Waals surface area (Å²) in [5, 5.41) is 12.2. The molecule has 3 rings (SSSR count). The molecule has 1 aromatic rings. The van der Waals surface area contributed by atoms with Gasteiger partial charge in [-0.25, -0.2) is 0 Å². The van der Waals surface area contributed by atoms with Crippen LogP contribution >= 0.6 is 8.58 Å². The van der Waals surface area contributed by atoms with Gasteiger partial charge >= 0.3 is 5.97 Å². The topological polar surface area (TPSA) is 97.1 Å². The van der Waals surface area contributed by atoms with Crippen molar-refractivity contribution in [2.75, 3.05) is 6.54 Å². The van der Waals surface area contributed by atoms with Gasteiger partial charge in [0, 0.05) is 11.8 Å². The summed E-state index contributed by atoms with van der Waals surface area (Å²) < 4.78 is 22.9. The molecule has 26 heavy (non-hydrogen) atoms. The van der Waals surface area contributed by atoms with Crippen molar-refractivity contribution in [3.8, 4) is 0 Å². The number of ether oxygens (including phenoxy) is 4. The van der Waals surface area contributed by atoms with E-state index in [0.717, 1.165) is 5.30 Å². The van der Waals surface area contributed by atoms with E-state index < -0.39 is 42.0 Å². The maximum Gasteiger partial charge on any atom is 0.303 e. The molecule has 2 heterocycles. The molecular weight excluding hydrogens is 361 g/mol. The first-order valence-electron chi connectivity index (χ1n) is 8.37. The average Bonchev–Trinajstić information content (AvgIpc) is 3.00. The van der Waals surface area contributed by atoms with Crippen LogP contribution in [0.15, 0.2) is 30.3 Å². The van der Waals surface area contributed by atoms with E-state index >= 15 is 0 Å². The first kappa shape index (κ1) is 19.2. The lowest BCUT2D eigenvalue weighted by Crippen LogP contribution is -2.44. The van der Waals surface area contributed by atoms with Gasteiger partial charge in [0.25, 0.3) is 0 Å². The number of benzene rings is 1. The summed E-state index contributed by atoms with van der Waals surface area (Å²) in [5.41, 5.74) is -0.460. The van der Waals surface area contributed by atoms with Gasteiger partial charge in [-0.1, -0.05) is 38.9 Å². The third-order valence-corrected chi connectivity index (χ3v) is 5.75. The highest BCUT2D eigenvalue weighted by Crippen LogP contribution is 2.42.